The lowest BCUT2D eigenvalue weighted by Crippen LogP contribution is -2.67. The van der Waals surface area contributed by atoms with Crippen LogP contribution in [0.15, 0.2) is 30.3 Å². The Bertz CT molecular complexity index is 1400. The van der Waals surface area contributed by atoms with Gasteiger partial charge in [-0.2, -0.15) is 0 Å². The quantitative estimate of drug-likeness (QED) is 0.0978. The second kappa shape index (κ2) is 21.2. The molecule has 0 bridgehead atoms. The number of fused-ring (bicyclic) bond motifs is 1. The maximum atomic E-state index is 12.4. The summed E-state index contributed by atoms with van der Waals surface area (Å²) >= 11 is 1.30. The van der Waals surface area contributed by atoms with Gasteiger partial charge >= 0.3 is 23.9 Å². The van der Waals surface area contributed by atoms with Gasteiger partial charge in [-0.3, -0.25) is 29.7 Å². The molecule has 3 fully saturated rings. The van der Waals surface area contributed by atoms with E-state index in [1.54, 1.807) is 6.92 Å². The lowest BCUT2D eigenvalue weighted by molar-refractivity contribution is -0.378. The van der Waals surface area contributed by atoms with Crippen molar-refractivity contribution in [2.24, 2.45) is 5.73 Å². The molecule has 3 saturated heterocycles. The molecule has 17 nitrogen and oxygen atoms in total. The van der Waals surface area contributed by atoms with E-state index in [-0.39, 0.29) is 24.9 Å². The van der Waals surface area contributed by atoms with Crippen LogP contribution in [-0.4, -0.2) is 123 Å². The Labute approximate surface area is 318 Å². The van der Waals surface area contributed by atoms with Crippen molar-refractivity contribution in [2.75, 3.05) is 38.8 Å². The minimum Gasteiger partial charge on any atom is -0.463 e. The van der Waals surface area contributed by atoms with Crippen LogP contribution in [-0.2, 0) is 76.1 Å². The molecule has 4 rings (SSSR count). The van der Waals surface area contributed by atoms with E-state index in [9.17, 15) is 24.0 Å². The first-order chi connectivity index (χ1) is 25.7. The predicted octanol–water partition coefficient (Wildman–Crippen LogP) is 2.27. The van der Waals surface area contributed by atoms with Crippen LogP contribution in [0.25, 0.3) is 0 Å². The van der Waals surface area contributed by atoms with E-state index in [4.69, 9.17) is 57.8 Å². The van der Waals surface area contributed by atoms with E-state index in [0.29, 0.717) is 6.61 Å². The molecule has 1 radical (unpaired) electrons. The highest BCUT2D eigenvalue weighted by molar-refractivity contribution is 8.13. The summed E-state index contributed by atoms with van der Waals surface area (Å²) in [5.74, 6) is -4.10. The molecule has 1 aromatic rings. The van der Waals surface area contributed by atoms with Gasteiger partial charge in [-0.15, -0.1) is 0 Å². The standard InChI is InChI=1S/C36H50NO16S/c1-21(38)44-19-28-31(47-22(2)39)32(48-23(3)40)33(49-24(4)41)35(51-28)50-27-18-36(37,46-16-15-43-14-10-7-11-17-54-25(5)42)53-29-20-45-34(52-30(27)29)26-12-8-6-9-13-26/h6,8-9,12-13,18,27-35H,7,10-11,14-17,19-20,37H2,1-5H3/t27-,28?,29?,30-,31+,32+,33?,34?,35-,36-/m1/s1. The van der Waals surface area contributed by atoms with Crippen molar-refractivity contribution in [3.8, 4) is 0 Å². The highest BCUT2D eigenvalue weighted by atomic mass is 32.2. The number of unbranched alkanes of at least 4 members (excludes halogenated alkanes) is 2. The first-order valence-corrected chi connectivity index (χ1v) is 18.7. The van der Waals surface area contributed by atoms with Gasteiger partial charge in [-0.25, -0.2) is 0 Å². The number of nitrogens with two attached hydrogens (primary N) is 1. The Balaban J connectivity index is 1.55. The van der Waals surface area contributed by atoms with Crippen LogP contribution < -0.4 is 5.73 Å². The smallest absolute Gasteiger partial charge is 0.303 e. The Hall–Kier alpha value is -3.20. The number of rotatable bonds is 18. The molecule has 0 aromatic heterocycles. The monoisotopic (exact) mass is 784 g/mol. The van der Waals surface area contributed by atoms with Gasteiger partial charge in [-0.05, 0) is 12.8 Å². The van der Waals surface area contributed by atoms with E-state index in [1.165, 1.54) is 25.1 Å². The highest BCUT2D eigenvalue weighted by Crippen LogP contribution is 2.39. The van der Waals surface area contributed by atoms with Gasteiger partial charge in [0.05, 0.1) is 32.3 Å². The summed E-state index contributed by atoms with van der Waals surface area (Å²) in [7, 11) is 0. The maximum absolute atomic E-state index is 12.4. The predicted molar refractivity (Wildman–Crippen MR) is 187 cm³/mol. The SMILES string of the molecule is CC(=O)OCC1O[C@@H](O[C@@H]2[CH][C@@](N)(OCCOCCCCCSC(C)=O)OC3COC(c4ccccc4)O[C@@H]32)C(OC(C)=O)[C@@H](OC(C)=O)[C@H]1OC(C)=O. The van der Waals surface area contributed by atoms with E-state index in [0.717, 1.165) is 51.3 Å². The molecule has 0 amide bonds. The van der Waals surface area contributed by atoms with Crippen molar-refractivity contribution in [3.05, 3.63) is 42.3 Å². The van der Waals surface area contributed by atoms with Gasteiger partial charge in [0, 0.05) is 52.5 Å². The molecule has 1 aromatic carbocycles. The number of hydrogen-bond donors (Lipinski definition) is 1. The number of esters is 4. The molecule has 3 heterocycles. The van der Waals surface area contributed by atoms with Crippen LogP contribution in [0.3, 0.4) is 0 Å². The van der Waals surface area contributed by atoms with Gasteiger partial charge in [0.1, 0.15) is 24.9 Å². The zero-order valence-corrected chi connectivity index (χ0v) is 31.9. The second-order valence-corrected chi connectivity index (χ2v) is 14.0. The lowest BCUT2D eigenvalue weighted by Gasteiger charge is -2.50. The van der Waals surface area contributed by atoms with Crippen LogP contribution in [0.1, 0.15) is 65.7 Å². The number of benzene rings is 1. The summed E-state index contributed by atoms with van der Waals surface area (Å²) in [4.78, 5) is 59.9. The Morgan fingerprint density at radius 3 is 2.17 bits per heavy atom. The number of thioether (sulfide) groups is 1. The van der Waals surface area contributed by atoms with Crippen molar-refractivity contribution in [2.45, 2.75) is 115 Å². The first-order valence-electron chi connectivity index (χ1n) is 17.7. The molecule has 3 aliphatic heterocycles. The van der Waals surface area contributed by atoms with Crippen LogP contribution >= 0.6 is 11.8 Å². The van der Waals surface area contributed by atoms with Crippen LogP contribution in [0, 0.1) is 6.42 Å². The minimum atomic E-state index is -1.86. The average molecular weight is 785 g/mol. The second-order valence-electron chi connectivity index (χ2n) is 12.8. The Morgan fingerprint density at radius 1 is 0.815 bits per heavy atom. The number of hydrogen-bond acceptors (Lipinski definition) is 18. The molecule has 301 valence electrons. The molecule has 0 saturated carbocycles. The van der Waals surface area contributed by atoms with Crippen molar-refractivity contribution in [1.82, 2.24) is 0 Å². The van der Waals surface area contributed by atoms with Gasteiger partial charge in [0.2, 0.25) is 5.91 Å². The topological polar surface area (TPSA) is 213 Å². The molecule has 10 atom stereocenters. The highest BCUT2D eigenvalue weighted by Gasteiger charge is 2.57. The zero-order chi connectivity index (χ0) is 39.3. The third-order valence-electron chi connectivity index (χ3n) is 8.22. The molecular weight excluding hydrogens is 734 g/mol. The van der Waals surface area contributed by atoms with Gasteiger partial charge in [0.25, 0.3) is 0 Å². The largest absolute Gasteiger partial charge is 0.463 e. The van der Waals surface area contributed by atoms with Gasteiger partial charge in [-0.1, -0.05) is 48.5 Å². The normalized spacial score (nSPS) is 30.7. The molecule has 0 spiro atoms. The number of carbonyl (C=O) groups excluding carboxylic acids is 5. The van der Waals surface area contributed by atoms with E-state index >= 15 is 0 Å². The van der Waals surface area contributed by atoms with Crippen molar-refractivity contribution in [1.29, 1.82) is 0 Å². The molecule has 4 unspecified atom stereocenters. The number of ether oxygens (including phenoxy) is 11. The first kappa shape index (κ1) is 43.5. The third-order valence-corrected chi connectivity index (χ3v) is 9.12. The van der Waals surface area contributed by atoms with Gasteiger partial charge < -0.3 is 52.1 Å². The Kier molecular flexibility index (Phi) is 17.1. The van der Waals surface area contributed by atoms with Crippen LogP contribution in [0.5, 0.6) is 0 Å². The Morgan fingerprint density at radius 2 is 1.50 bits per heavy atom. The molecule has 18 heteroatoms. The summed E-state index contributed by atoms with van der Waals surface area (Å²) < 4.78 is 64.7. The van der Waals surface area contributed by atoms with E-state index < -0.39 is 91.7 Å². The third kappa shape index (κ3) is 13.5. The molecule has 3 aliphatic rings. The minimum absolute atomic E-state index is 0.0111. The number of carbonyl (C=O) groups is 5. The van der Waals surface area contributed by atoms with Crippen molar-refractivity contribution < 1.29 is 76.1 Å². The molecule has 54 heavy (non-hydrogen) atoms. The van der Waals surface area contributed by atoms with Crippen LogP contribution in [0.4, 0.5) is 0 Å². The maximum Gasteiger partial charge on any atom is 0.303 e. The molecule has 0 aliphatic carbocycles. The van der Waals surface area contributed by atoms with Gasteiger partial charge in [0.15, 0.2) is 36.0 Å². The summed E-state index contributed by atoms with van der Waals surface area (Å²) in [6, 6.07) is 9.17. The van der Waals surface area contributed by atoms with Crippen molar-refractivity contribution >= 4 is 40.8 Å². The van der Waals surface area contributed by atoms with Crippen molar-refractivity contribution in [3.63, 3.8) is 0 Å². The fourth-order valence-electron chi connectivity index (χ4n) is 6.03. The zero-order valence-electron chi connectivity index (χ0n) is 31.0. The van der Waals surface area contributed by atoms with E-state index in [1.807, 2.05) is 30.3 Å². The lowest BCUT2D eigenvalue weighted by atomic mass is 9.96. The van der Waals surface area contributed by atoms with Crippen LogP contribution in [0.2, 0.25) is 0 Å². The summed E-state index contributed by atoms with van der Waals surface area (Å²) in [6.07, 6.45) is -6.75. The summed E-state index contributed by atoms with van der Waals surface area (Å²) in [5, 5.41) is 0.0974. The fourth-order valence-corrected chi connectivity index (χ4v) is 6.67. The molecule has 2 N–H and O–H groups in total. The molecular formula is C36H50NO16S. The van der Waals surface area contributed by atoms with E-state index in [2.05, 4.69) is 0 Å². The summed E-state index contributed by atoms with van der Waals surface area (Å²) in [5.41, 5.74) is 7.35. The summed E-state index contributed by atoms with van der Waals surface area (Å²) in [6.45, 7) is 6.39. The average Bonchev–Trinajstić information content (AvgIpc) is 3.10. The fraction of sp³-hybridized carbons (Fsp3) is 0.667.